The first-order chi connectivity index (χ1) is 9.63. The molecule has 0 unspecified atom stereocenters. The summed E-state index contributed by atoms with van der Waals surface area (Å²) in [6.07, 6.45) is 2.67. The Labute approximate surface area is 118 Å². The summed E-state index contributed by atoms with van der Waals surface area (Å²) in [6.45, 7) is 2.15. The first kappa shape index (κ1) is 13.2. The Morgan fingerprint density at radius 1 is 1.10 bits per heavy atom. The van der Waals surface area contributed by atoms with E-state index in [1.54, 1.807) is 19.2 Å². The van der Waals surface area contributed by atoms with Crippen molar-refractivity contribution < 1.29 is 14.3 Å². The summed E-state index contributed by atoms with van der Waals surface area (Å²) in [6, 6.07) is 7.21. The number of amides is 2. The summed E-state index contributed by atoms with van der Waals surface area (Å²) >= 11 is 0. The molecule has 1 saturated carbocycles. The molecule has 0 radical (unpaired) electrons. The Morgan fingerprint density at radius 2 is 1.80 bits per heavy atom. The molecule has 1 aliphatic heterocycles. The van der Waals surface area contributed by atoms with Crippen LogP contribution < -0.4 is 9.64 Å². The number of imide groups is 1. The number of ether oxygens (including phenoxy) is 1. The number of rotatable bonds is 2. The molecule has 0 bridgehead atoms. The maximum Gasteiger partial charge on any atom is 0.237 e. The second kappa shape index (κ2) is 4.93. The van der Waals surface area contributed by atoms with E-state index >= 15 is 0 Å². The van der Waals surface area contributed by atoms with Crippen molar-refractivity contribution in [1.29, 1.82) is 0 Å². The number of carbonyl (C=O) groups is 2. The van der Waals surface area contributed by atoms with Gasteiger partial charge in [-0.05, 0) is 37.3 Å². The molecule has 1 heterocycles. The quantitative estimate of drug-likeness (QED) is 0.778. The minimum atomic E-state index is -0.142. The van der Waals surface area contributed by atoms with Crippen LogP contribution in [-0.4, -0.2) is 18.9 Å². The monoisotopic (exact) mass is 273 g/mol. The SMILES string of the molecule is COc1ccccc1N1C(=O)[C@@H]2CC[C@@H](C)C[C@H]2C1=O. The molecule has 106 valence electrons. The third kappa shape index (κ3) is 1.90. The van der Waals surface area contributed by atoms with Gasteiger partial charge in [0.25, 0.3) is 0 Å². The van der Waals surface area contributed by atoms with Crippen LogP contribution in [0.4, 0.5) is 5.69 Å². The second-order valence-corrected chi connectivity index (χ2v) is 5.81. The van der Waals surface area contributed by atoms with Crippen LogP contribution in [0.25, 0.3) is 0 Å². The number of carbonyl (C=O) groups excluding carboxylic acids is 2. The second-order valence-electron chi connectivity index (χ2n) is 5.81. The Morgan fingerprint density at radius 3 is 2.55 bits per heavy atom. The zero-order chi connectivity index (χ0) is 14.3. The van der Waals surface area contributed by atoms with E-state index in [4.69, 9.17) is 4.74 Å². The van der Waals surface area contributed by atoms with E-state index in [1.807, 2.05) is 12.1 Å². The van der Waals surface area contributed by atoms with Crippen LogP contribution in [0.2, 0.25) is 0 Å². The van der Waals surface area contributed by atoms with E-state index in [9.17, 15) is 9.59 Å². The van der Waals surface area contributed by atoms with Crippen molar-refractivity contribution in [2.24, 2.45) is 17.8 Å². The van der Waals surface area contributed by atoms with E-state index in [-0.39, 0.29) is 23.7 Å². The minimum absolute atomic E-state index is 0.0589. The van der Waals surface area contributed by atoms with Gasteiger partial charge in [-0.3, -0.25) is 9.59 Å². The molecular weight excluding hydrogens is 254 g/mol. The number of fused-ring (bicyclic) bond motifs is 1. The van der Waals surface area contributed by atoms with Crippen LogP contribution in [0.5, 0.6) is 5.75 Å². The van der Waals surface area contributed by atoms with E-state index in [0.29, 0.717) is 17.4 Å². The molecule has 3 atom stereocenters. The summed E-state index contributed by atoms with van der Waals surface area (Å²) in [5, 5.41) is 0. The zero-order valence-electron chi connectivity index (χ0n) is 11.8. The average molecular weight is 273 g/mol. The van der Waals surface area contributed by atoms with Crippen LogP contribution in [0, 0.1) is 17.8 Å². The summed E-state index contributed by atoms with van der Waals surface area (Å²) in [7, 11) is 1.55. The number of benzene rings is 1. The highest BCUT2D eigenvalue weighted by Gasteiger charge is 2.50. The molecule has 4 nitrogen and oxygen atoms in total. The van der Waals surface area contributed by atoms with Gasteiger partial charge in [0.1, 0.15) is 5.75 Å². The van der Waals surface area contributed by atoms with Crippen LogP contribution in [0.1, 0.15) is 26.2 Å². The number of nitrogens with zero attached hydrogens (tertiary/aromatic N) is 1. The van der Waals surface area contributed by atoms with Crippen LogP contribution >= 0.6 is 0 Å². The normalized spacial score (nSPS) is 29.5. The molecule has 3 rings (SSSR count). The Balaban J connectivity index is 1.98. The Hall–Kier alpha value is -1.84. The summed E-state index contributed by atoms with van der Waals surface area (Å²) in [5.41, 5.74) is 0.576. The Bertz CT molecular complexity index is 554. The van der Waals surface area contributed by atoms with Gasteiger partial charge in [-0.15, -0.1) is 0 Å². The number of para-hydroxylation sites is 2. The Kier molecular flexibility index (Phi) is 3.24. The fraction of sp³-hybridized carbons (Fsp3) is 0.500. The lowest BCUT2D eigenvalue weighted by atomic mass is 9.76. The van der Waals surface area contributed by atoms with Crippen molar-refractivity contribution in [2.75, 3.05) is 12.0 Å². The third-order valence-corrected chi connectivity index (χ3v) is 4.51. The van der Waals surface area contributed by atoms with Gasteiger partial charge < -0.3 is 4.74 Å². The fourth-order valence-electron chi connectivity index (χ4n) is 3.44. The topological polar surface area (TPSA) is 46.6 Å². The van der Waals surface area contributed by atoms with Gasteiger partial charge in [0.05, 0.1) is 24.6 Å². The maximum absolute atomic E-state index is 12.6. The van der Waals surface area contributed by atoms with Gasteiger partial charge in [0, 0.05) is 0 Å². The molecule has 2 aliphatic rings. The fourth-order valence-corrected chi connectivity index (χ4v) is 3.44. The molecule has 20 heavy (non-hydrogen) atoms. The molecule has 0 spiro atoms. The molecule has 1 aromatic carbocycles. The van der Waals surface area contributed by atoms with E-state index in [1.165, 1.54) is 4.90 Å². The lowest BCUT2D eigenvalue weighted by Gasteiger charge is -2.25. The highest BCUT2D eigenvalue weighted by molar-refractivity contribution is 6.22. The van der Waals surface area contributed by atoms with E-state index < -0.39 is 0 Å². The first-order valence-electron chi connectivity index (χ1n) is 7.14. The summed E-state index contributed by atoms with van der Waals surface area (Å²) in [5.74, 6) is 0.693. The van der Waals surface area contributed by atoms with Crippen molar-refractivity contribution in [3.63, 3.8) is 0 Å². The highest BCUT2D eigenvalue weighted by Crippen LogP contribution is 2.43. The summed E-state index contributed by atoms with van der Waals surface area (Å²) in [4.78, 5) is 26.5. The van der Waals surface area contributed by atoms with E-state index in [0.717, 1.165) is 19.3 Å². The standard InChI is InChI=1S/C16H19NO3/c1-10-7-8-11-12(9-10)16(19)17(15(11)18)13-5-3-4-6-14(13)20-2/h3-6,10-12H,7-9H2,1-2H3/t10-,11-,12-/m1/s1. The average Bonchev–Trinajstić information content (AvgIpc) is 2.70. The third-order valence-electron chi connectivity index (χ3n) is 4.51. The van der Waals surface area contributed by atoms with Gasteiger partial charge in [0.2, 0.25) is 11.8 Å². The molecule has 2 fully saturated rings. The summed E-state index contributed by atoms with van der Waals surface area (Å²) < 4.78 is 5.28. The van der Waals surface area contributed by atoms with Gasteiger partial charge in [-0.2, -0.15) is 0 Å². The van der Waals surface area contributed by atoms with Crippen LogP contribution in [-0.2, 0) is 9.59 Å². The molecule has 1 aliphatic carbocycles. The molecule has 0 N–H and O–H groups in total. The maximum atomic E-state index is 12.6. The number of hydrogen-bond acceptors (Lipinski definition) is 3. The highest BCUT2D eigenvalue weighted by atomic mass is 16.5. The van der Waals surface area contributed by atoms with Crippen molar-refractivity contribution in [3.05, 3.63) is 24.3 Å². The molecule has 2 amide bonds. The van der Waals surface area contributed by atoms with Crippen LogP contribution in [0.15, 0.2) is 24.3 Å². The molecule has 1 aromatic rings. The zero-order valence-corrected chi connectivity index (χ0v) is 11.8. The van der Waals surface area contributed by atoms with Crippen molar-refractivity contribution in [3.8, 4) is 5.75 Å². The van der Waals surface area contributed by atoms with E-state index in [2.05, 4.69) is 6.92 Å². The van der Waals surface area contributed by atoms with Gasteiger partial charge in [0.15, 0.2) is 0 Å². The molecule has 1 saturated heterocycles. The minimum Gasteiger partial charge on any atom is -0.495 e. The smallest absolute Gasteiger partial charge is 0.237 e. The molecular formula is C16H19NO3. The largest absolute Gasteiger partial charge is 0.495 e. The number of methoxy groups -OCH3 is 1. The van der Waals surface area contributed by atoms with Crippen molar-refractivity contribution in [2.45, 2.75) is 26.2 Å². The molecule has 0 aromatic heterocycles. The number of anilines is 1. The lowest BCUT2D eigenvalue weighted by Crippen LogP contribution is -2.31. The predicted octanol–water partition coefficient (Wildman–Crippen LogP) is 2.62. The van der Waals surface area contributed by atoms with Gasteiger partial charge >= 0.3 is 0 Å². The van der Waals surface area contributed by atoms with Gasteiger partial charge in [-0.1, -0.05) is 19.1 Å². The first-order valence-corrected chi connectivity index (χ1v) is 7.14. The molecule has 4 heteroatoms. The lowest BCUT2D eigenvalue weighted by molar-refractivity contribution is -0.122. The van der Waals surface area contributed by atoms with Crippen molar-refractivity contribution in [1.82, 2.24) is 0 Å². The van der Waals surface area contributed by atoms with Gasteiger partial charge in [-0.25, -0.2) is 4.90 Å². The predicted molar refractivity (Wildman–Crippen MR) is 75.5 cm³/mol. The number of hydrogen-bond donors (Lipinski definition) is 0. The van der Waals surface area contributed by atoms with Crippen molar-refractivity contribution >= 4 is 17.5 Å². The van der Waals surface area contributed by atoms with Crippen LogP contribution in [0.3, 0.4) is 0 Å².